The molecule has 2 N–H and O–H groups in total. The van der Waals surface area contributed by atoms with Gasteiger partial charge in [-0.2, -0.15) is 0 Å². The van der Waals surface area contributed by atoms with Gasteiger partial charge in [-0.15, -0.1) is 10.2 Å². The van der Waals surface area contributed by atoms with Gasteiger partial charge in [0, 0.05) is 42.9 Å². The normalized spacial score (nSPS) is 10.6. The van der Waals surface area contributed by atoms with E-state index in [2.05, 4.69) is 20.8 Å². The molecule has 0 saturated carbocycles. The number of non-ortho nitro benzene ring substituents is 1. The molecule has 3 rings (SSSR count). The number of ether oxygens (including phenoxy) is 1. The summed E-state index contributed by atoms with van der Waals surface area (Å²) in [5, 5.41) is 25.5. The van der Waals surface area contributed by atoms with E-state index in [0.717, 1.165) is 0 Å². The molecule has 1 heterocycles. The van der Waals surface area contributed by atoms with Crippen molar-refractivity contribution in [3.05, 3.63) is 69.5 Å². The van der Waals surface area contributed by atoms with Gasteiger partial charge in [0.2, 0.25) is 5.91 Å². The van der Waals surface area contributed by atoms with Crippen molar-refractivity contribution in [2.75, 3.05) is 24.7 Å². The van der Waals surface area contributed by atoms with Crippen molar-refractivity contribution in [1.29, 1.82) is 0 Å². The topological polar surface area (TPSA) is 141 Å². The number of nitro groups is 1. The number of nitrogens with zero attached hydrogens (tertiary/aromatic N) is 4. The summed E-state index contributed by atoms with van der Waals surface area (Å²) < 4.78 is 7.00. The molecule has 0 fully saturated rings. The number of aromatic nitrogens is 3. The van der Waals surface area contributed by atoms with Gasteiger partial charge in [0.1, 0.15) is 11.6 Å². The number of amides is 2. The van der Waals surface area contributed by atoms with Crippen LogP contribution in [0, 0.1) is 17.0 Å². The lowest BCUT2D eigenvalue weighted by Crippen LogP contribution is -2.26. The quantitative estimate of drug-likeness (QED) is 0.233. The highest BCUT2D eigenvalue weighted by Crippen LogP contribution is 2.22. The third-order valence-corrected chi connectivity index (χ3v) is 6.09. The molecular formula is C23H26N6O5S. The Morgan fingerprint density at radius 2 is 1.91 bits per heavy atom. The molecule has 0 unspecified atom stereocenters. The molecule has 0 aliphatic heterocycles. The molecule has 0 radical (unpaired) electrons. The van der Waals surface area contributed by atoms with E-state index in [-0.39, 0.29) is 23.3 Å². The Kier molecular flexibility index (Phi) is 8.79. The number of nitrogens with one attached hydrogen (secondary N) is 2. The van der Waals surface area contributed by atoms with Crippen molar-refractivity contribution in [2.24, 2.45) is 0 Å². The summed E-state index contributed by atoms with van der Waals surface area (Å²) in [5.74, 6) is 1.03. The summed E-state index contributed by atoms with van der Waals surface area (Å²) in [6.45, 7) is 4.64. The van der Waals surface area contributed by atoms with E-state index in [9.17, 15) is 19.7 Å². The van der Waals surface area contributed by atoms with Crippen molar-refractivity contribution in [2.45, 2.75) is 32.0 Å². The number of carbonyl (C=O) groups is 2. The van der Waals surface area contributed by atoms with Gasteiger partial charge in [-0.25, -0.2) is 0 Å². The molecule has 0 spiro atoms. The predicted molar refractivity (Wildman–Crippen MR) is 132 cm³/mol. The largest absolute Gasteiger partial charge is 0.497 e. The van der Waals surface area contributed by atoms with Gasteiger partial charge in [0.25, 0.3) is 11.6 Å². The van der Waals surface area contributed by atoms with Crippen LogP contribution in [0.2, 0.25) is 0 Å². The average molecular weight is 499 g/mol. The molecule has 0 aliphatic carbocycles. The zero-order valence-electron chi connectivity index (χ0n) is 19.6. The minimum atomic E-state index is -0.478. The smallest absolute Gasteiger partial charge is 0.269 e. The van der Waals surface area contributed by atoms with Crippen LogP contribution in [0.3, 0.4) is 0 Å². The van der Waals surface area contributed by atoms with E-state index in [1.54, 1.807) is 38.3 Å². The van der Waals surface area contributed by atoms with Gasteiger partial charge in [0.05, 0.1) is 17.8 Å². The zero-order chi connectivity index (χ0) is 25.4. The molecule has 0 atom stereocenters. The number of hydrogen-bond donors (Lipinski definition) is 2. The van der Waals surface area contributed by atoms with E-state index < -0.39 is 4.92 Å². The van der Waals surface area contributed by atoms with E-state index in [1.165, 1.54) is 30.0 Å². The lowest BCUT2D eigenvalue weighted by atomic mass is 10.2. The third-order valence-electron chi connectivity index (χ3n) is 5.12. The van der Waals surface area contributed by atoms with Crippen molar-refractivity contribution in [3.63, 3.8) is 0 Å². The van der Waals surface area contributed by atoms with E-state index >= 15 is 0 Å². The zero-order valence-corrected chi connectivity index (χ0v) is 20.4. The molecule has 35 heavy (non-hydrogen) atoms. The van der Waals surface area contributed by atoms with Crippen LogP contribution in [-0.4, -0.2) is 50.9 Å². The van der Waals surface area contributed by atoms with Crippen molar-refractivity contribution < 1.29 is 19.2 Å². The van der Waals surface area contributed by atoms with Gasteiger partial charge in [-0.1, -0.05) is 11.8 Å². The van der Waals surface area contributed by atoms with E-state index in [1.807, 2.05) is 11.5 Å². The van der Waals surface area contributed by atoms with Crippen LogP contribution in [0.25, 0.3) is 0 Å². The predicted octanol–water partition coefficient (Wildman–Crippen LogP) is 3.23. The number of rotatable bonds is 11. The first kappa shape index (κ1) is 25.7. The van der Waals surface area contributed by atoms with Crippen LogP contribution in [0.5, 0.6) is 5.75 Å². The fraction of sp³-hybridized carbons (Fsp3) is 0.304. The van der Waals surface area contributed by atoms with E-state index in [4.69, 9.17) is 4.74 Å². The van der Waals surface area contributed by atoms with Crippen molar-refractivity contribution in [1.82, 2.24) is 20.1 Å². The summed E-state index contributed by atoms with van der Waals surface area (Å²) >= 11 is 1.24. The lowest BCUT2D eigenvalue weighted by molar-refractivity contribution is -0.384. The first-order valence-corrected chi connectivity index (χ1v) is 11.8. The van der Waals surface area contributed by atoms with Gasteiger partial charge >= 0.3 is 0 Å². The molecule has 11 nitrogen and oxygen atoms in total. The monoisotopic (exact) mass is 498 g/mol. The molecule has 2 amide bonds. The molecule has 0 bridgehead atoms. The minimum absolute atomic E-state index is 0.0290. The Balaban J connectivity index is 1.52. The van der Waals surface area contributed by atoms with Gasteiger partial charge in [-0.05, 0) is 49.7 Å². The highest BCUT2D eigenvalue weighted by atomic mass is 32.2. The van der Waals surface area contributed by atoms with Crippen LogP contribution < -0.4 is 15.4 Å². The van der Waals surface area contributed by atoms with E-state index in [0.29, 0.717) is 53.1 Å². The van der Waals surface area contributed by atoms with Crippen molar-refractivity contribution >= 4 is 35.0 Å². The van der Waals surface area contributed by atoms with Crippen LogP contribution in [0.15, 0.2) is 47.6 Å². The Morgan fingerprint density at radius 1 is 1.17 bits per heavy atom. The number of methoxy groups -OCH3 is 1. The number of anilines is 1. The summed E-state index contributed by atoms with van der Waals surface area (Å²) in [7, 11) is 1.57. The second kappa shape index (κ2) is 12.0. The Bertz CT molecular complexity index is 1210. The SMILES string of the molecule is CCn1c(CCNC(=O)c2ccc(OC)cc2)nnc1SCC(=O)Nc1ccc([N+](=O)[O-])cc1C. The molecular weight excluding hydrogens is 472 g/mol. The number of hydrogen-bond acceptors (Lipinski definition) is 8. The van der Waals surface area contributed by atoms with Gasteiger partial charge in [0.15, 0.2) is 5.16 Å². The Hall–Kier alpha value is -3.93. The van der Waals surface area contributed by atoms with Crippen LogP contribution in [-0.2, 0) is 17.8 Å². The fourth-order valence-electron chi connectivity index (χ4n) is 3.28. The van der Waals surface area contributed by atoms with Crippen LogP contribution in [0.4, 0.5) is 11.4 Å². The molecule has 12 heteroatoms. The first-order valence-electron chi connectivity index (χ1n) is 10.8. The highest BCUT2D eigenvalue weighted by molar-refractivity contribution is 7.99. The second-order valence-corrected chi connectivity index (χ2v) is 8.41. The molecule has 0 aliphatic rings. The number of thioether (sulfide) groups is 1. The third kappa shape index (κ3) is 6.79. The molecule has 0 saturated heterocycles. The molecule has 2 aromatic carbocycles. The van der Waals surface area contributed by atoms with Crippen LogP contribution >= 0.6 is 11.8 Å². The maximum absolute atomic E-state index is 12.4. The number of benzene rings is 2. The lowest BCUT2D eigenvalue weighted by Gasteiger charge is -2.10. The number of nitro benzene ring substituents is 1. The maximum Gasteiger partial charge on any atom is 0.269 e. The molecule has 184 valence electrons. The van der Waals surface area contributed by atoms with Gasteiger partial charge < -0.3 is 19.9 Å². The highest BCUT2D eigenvalue weighted by Gasteiger charge is 2.15. The maximum atomic E-state index is 12.4. The Morgan fingerprint density at radius 3 is 2.54 bits per heavy atom. The molecule has 1 aromatic heterocycles. The summed E-state index contributed by atoms with van der Waals surface area (Å²) in [6, 6.07) is 11.1. The second-order valence-electron chi connectivity index (χ2n) is 7.47. The standard InChI is InChI=1S/C23H26N6O5S/c1-4-28-20(11-12-24-22(31)16-5-8-18(34-3)9-6-16)26-27-23(28)35-14-21(30)25-19-10-7-17(29(32)33)13-15(19)2/h5-10,13H,4,11-12,14H2,1-3H3,(H,24,31)(H,25,30). The Labute approximate surface area is 206 Å². The average Bonchev–Trinajstić information content (AvgIpc) is 3.25. The van der Waals surface area contributed by atoms with Crippen molar-refractivity contribution in [3.8, 4) is 5.75 Å². The summed E-state index contributed by atoms with van der Waals surface area (Å²) in [4.78, 5) is 35.1. The van der Waals surface area contributed by atoms with Gasteiger partial charge in [-0.3, -0.25) is 19.7 Å². The number of carbonyl (C=O) groups excluding carboxylic acids is 2. The summed E-state index contributed by atoms with van der Waals surface area (Å²) in [5.41, 5.74) is 1.63. The van der Waals surface area contributed by atoms with Crippen LogP contribution in [0.1, 0.15) is 28.7 Å². The first-order chi connectivity index (χ1) is 16.8. The fourth-order valence-corrected chi connectivity index (χ4v) is 4.10. The number of aryl methyl sites for hydroxylation is 1. The summed E-state index contributed by atoms with van der Waals surface area (Å²) in [6.07, 6.45) is 0.484. The molecule has 3 aromatic rings. The minimum Gasteiger partial charge on any atom is -0.497 e.